The standard InChI is InChI=1S/C23H23ClN2O3/c1-15-21(23(25)28)22(17-10-6-7-11-18(17)24)19(12-13-20(27)29-2)26(15)14-16-8-4-3-5-9-16/h3-11H,12-14H2,1-2H3,(H2,25,28). The zero-order valence-electron chi connectivity index (χ0n) is 16.4. The molecule has 6 heteroatoms. The third kappa shape index (κ3) is 4.35. The average molecular weight is 411 g/mol. The van der Waals surface area contributed by atoms with Crippen molar-refractivity contribution >= 4 is 23.5 Å². The van der Waals surface area contributed by atoms with Crippen LogP contribution in [0.25, 0.3) is 11.1 Å². The van der Waals surface area contributed by atoms with Gasteiger partial charge in [-0.2, -0.15) is 0 Å². The molecule has 0 fully saturated rings. The monoisotopic (exact) mass is 410 g/mol. The Morgan fingerprint density at radius 1 is 1.07 bits per heavy atom. The Balaban J connectivity index is 2.23. The van der Waals surface area contributed by atoms with Gasteiger partial charge in [-0.25, -0.2) is 0 Å². The summed E-state index contributed by atoms with van der Waals surface area (Å²) in [6, 6.07) is 17.2. The normalized spacial score (nSPS) is 10.7. The van der Waals surface area contributed by atoms with Crippen molar-refractivity contribution in [2.45, 2.75) is 26.3 Å². The Bertz CT molecular complexity index is 1040. The van der Waals surface area contributed by atoms with Gasteiger partial charge >= 0.3 is 5.97 Å². The summed E-state index contributed by atoms with van der Waals surface area (Å²) in [6.07, 6.45) is 0.582. The molecule has 3 aromatic rings. The highest BCUT2D eigenvalue weighted by molar-refractivity contribution is 6.33. The van der Waals surface area contributed by atoms with Crippen molar-refractivity contribution in [1.82, 2.24) is 4.57 Å². The molecule has 0 bridgehead atoms. The third-order valence-corrected chi connectivity index (χ3v) is 5.33. The molecule has 0 atom stereocenters. The first-order chi connectivity index (χ1) is 13.9. The fourth-order valence-corrected chi connectivity index (χ4v) is 3.85. The number of rotatable bonds is 7. The van der Waals surface area contributed by atoms with E-state index in [-0.39, 0.29) is 12.4 Å². The highest BCUT2D eigenvalue weighted by atomic mass is 35.5. The summed E-state index contributed by atoms with van der Waals surface area (Å²) in [5, 5.41) is 0.520. The van der Waals surface area contributed by atoms with Crippen LogP contribution in [0.5, 0.6) is 0 Å². The Hall–Kier alpha value is -3.05. The van der Waals surface area contributed by atoms with Crippen LogP contribution in [0.4, 0.5) is 0 Å². The Morgan fingerprint density at radius 3 is 2.34 bits per heavy atom. The number of amides is 1. The highest BCUT2D eigenvalue weighted by Crippen LogP contribution is 2.37. The van der Waals surface area contributed by atoms with E-state index in [1.165, 1.54) is 7.11 Å². The van der Waals surface area contributed by atoms with Gasteiger partial charge in [0.2, 0.25) is 0 Å². The van der Waals surface area contributed by atoms with E-state index in [4.69, 9.17) is 22.1 Å². The number of hydrogen-bond donors (Lipinski definition) is 1. The summed E-state index contributed by atoms with van der Waals surface area (Å²) in [6.45, 7) is 2.42. The van der Waals surface area contributed by atoms with Crippen molar-refractivity contribution in [2.75, 3.05) is 7.11 Å². The van der Waals surface area contributed by atoms with Crippen LogP contribution in [-0.4, -0.2) is 23.6 Å². The van der Waals surface area contributed by atoms with Gasteiger partial charge in [0.15, 0.2) is 0 Å². The molecule has 0 aliphatic carbocycles. The summed E-state index contributed by atoms with van der Waals surface area (Å²) in [5.74, 6) is -0.843. The van der Waals surface area contributed by atoms with Crippen molar-refractivity contribution in [2.24, 2.45) is 5.73 Å². The van der Waals surface area contributed by atoms with E-state index in [0.29, 0.717) is 29.1 Å². The van der Waals surface area contributed by atoms with Crippen LogP contribution in [0.1, 0.15) is 33.7 Å². The number of methoxy groups -OCH3 is 1. The minimum Gasteiger partial charge on any atom is -0.469 e. The molecule has 0 unspecified atom stereocenters. The molecule has 0 saturated heterocycles. The molecule has 0 saturated carbocycles. The second-order valence-corrected chi connectivity index (χ2v) is 7.18. The lowest BCUT2D eigenvalue weighted by atomic mass is 9.98. The van der Waals surface area contributed by atoms with E-state index >= 15 is 0 Å². The van der Waals surface area contributed by atoms with Gasteiger partial charge in [-0.1, -0.05) is 60.1 Å². The summed E-state index contributed by atoms with van der Waals surface area (Å²) in [7, 11) is 1.36. The van der Waals surface area contributed by atoms with Gasteiger partial charge in [-0.05, 0) is 25.0 Å². The molecule has 3 rings (SSSR count). The average Bonchev–Trinajstić information content (AvgIpc) is 2.99. The fourth-order valence-electron chi connectivity index (χ4n) is 3.62. The smallest absolute Gasteiger partial charge is 0.305 e. The van der Waals surface area contributed by atoms with Gasteiger partial charge in [0, 0.05) is 34.1 Å². The maximum Gasteiger partial charge on any atom is 0.305 e. The predicted molar refractivity (Wildman–Crippen MR) is 114 cm³/mol. The number of carbonyl (C=O) groups excluding carboxylic acids is 2. The van der Waals surface area contributed by atoms with Crippen LogP contribution in [0.3, 0.4) is 0 Å². The number of primary amides is 1. The molecule has 0 radical (unpaired) electrons. The predicted octanol–water partition coefficient (Wildman–Crippen LogP) is 4.37. The minimum atomic E-state index is -0.524. The van der Waals surface area contributed by atoms with Crippen LogP contribution in [0.2, 0.25) is 5.02 Å². The highest BCUT2D eigenvalue weighted by Gasteiger charge is 2.26. The van der Waals surface area contributed by atoms with Crippen molar-refractivity contribution in [3.05, 3.63) is 82.1 Å². The quantitative estimate of drug-likeness (QED) is 0.587. The maximum absolute atomic E-state index is 12.4. The molecule has 1 aromatic heterocycles. The van der Waals surface area contributed by atoms with Gasteiger partial charge in [0.25, 0.3) is 5.91 Å². The number of carbonyl (C=O) groups is 2. The van der Waals surface area contributed by atoms with Crippen LogP contribution >= 0.6 is 11.6 Å². The maximum atomic E-state index is 12.4. The van der Waals surface area contributed by atoms with Gasteiger partial charge in [-0.3, -0.25) is 9.59 Å². The number of nitrogens with zero attached hydrogens (tertiary/aromatic N) is 1. The van der Waals surface area contributed by atoms with E-state index in [2.05, 4.69) is 0 Å². The molecule has 1 amide bonds. The second-order valence-electron chi connectivity index (χ2n) is 6.77. The van der Waals surface area contributed by atoms with Crippen molar-refractivity contribution < 1.29 is 14.3 Å². The van der Waals surface area contributed by atoms with Crippen molar-refractivity contribution in [3.63, 3.8) is 0 Å². The molecule has 5 nitrogen and oxygen atoms in total. The molecule has 1 heterocycles. The number of benzene rings is 2. The van der Waals surface area contributed by atoms with Gasteiger partial charge in [-0.15, -0.1) is 0 Å². The largest absolute Gasteiger partial charge is 0.469 e. The minimum absolute atomic E-state index is 0.185. The van der Waals surface area contributed by atoms with E-state index in [1.54, 1.807) is 6.07 Å². The molecule has 0 aliphatic heterocycles. The first-order valence-electron chi connectivity index (χ1n) is 9.31. The number of hydrogen-bond acceptors (Lipinski definition) is 3. The van der Waals surface area contributed by atoms with E-state index in [1.807, 2.05) is 60.0 Å². The van der Waals surface area contributed by atoms with Crippen LogP contribution < -0.4 is 5.73 Å². The Labute approximate surface area is 175 Å². The van der Waals surface area contributed by atoms with Gasteiger partial charge in [0.1, 0.15) is 0 Å². The van der Waals surface area contributed by atoms with Gasteiger partial charge in [0.05, 0.1) is 19.1 Å². The Morgan fingerprint density at radius 2 is 1.72 bits per heavy atom. The topological polar surface area (TPSA) is 74.3 Å². The summed E-state index contributed by atoms with van der Waals surface area (Å²) < 4.78 is 6.86. The molecule has 0 spiro atoms. The third-order valence-electron chi connectivity index (χ3n) is 5.00. The number of nitrogens with two attached hydrogens (primary N) is 1. The molecule has 150 valence electrons. The summed E-state index contributed by atoms with van der Waals surface area (Å²) >= 11 is 6.47. The molecule has 29 heavy (non-hydrogen) atoms. The van der Waals surface area contributed by atoms with E-state index in [0.717, 1.165) is 22.5 Å². The van der Waals surface area contributed by atoms with E-state index < -0.39 is 5.91 Å². The number of aromatic nitrogens is 1. The fraction of sp³-hybridized carbons (Fsp3) is 0.217. The first kappa shape index (κ1) is 20.7. The SMILES string of the molecule is COC(=O)CCc1c(-c2ccccc2Cl)c(C(N)=O)c(C)n1Cc1ccccc1. The molecular weight excluding hydrogens is 388 g/mol. The molecule has 0 aliphatic rings. The number of ether oxygens (including phenoxy) is 1. The van der Waals surface area contributed by atoms with E-state index in [9.17, 15) is 9.59 Å². The van der Waals surface area contributed by atoms with Crippen molar-refractivity contribution in [3.8, 4) is 11.1 Å². The zero-order chi connectivity index (χ0) is 21.0. The lowest BCUT2D eigenvalue weighted by Gasteiger charge is -2.14. The van der Waals surface area contributed by atoms with Crippen molar-refractivity contribution in [1.29, 1.82) is 0 Å². The lowest BCUT2D eigenvalue weighted by Crippen LogP contribution is -2.13. The molecule has 2 aromatic carbocycles. The van der Waals surface area contributed by atoms with Crippen LogP contribution in [0.15, 0.2) is 54.6 Å². The number of halogens is 1. The zero-order valence-corrected chi connectivity index (χ0v) is 17.2. The Kier molecular flexibility index (Phi) is 6.39. The summed E-state index contributed by atoms with van der Waals surface area (Å²) in [5.41, 5.74) is 10.3. The molecule has 2 N–H and O–H groups in total. The lowest BCUT2D eigenvalue weighted by molar-refractivity contribution is -0.140. The molecular formula is C23H23ClN2O3. The van der Waals surface area contributed by atoms with Crippen LogP contribution in [0, 0.1) is 6.92 Å². The first-order valence-corrected chi connectivity index (χ1v) is 9.69. The number of esters is 1. The summed E-state index contributed by atoms with van der Waals surface area (Å²) in [4.78, 5) is 24.3. The van der Waals surface area contributed by atoms with Crippen LogP contribution in [-0.2, 0) is 22.5 Å². The van der Waals surface area contributed by atoms with Gasteiger partial charge < -0.3 is 15.0 Å². The second kappa shape index (κ2) is 8.97.